The molecular formula is C60H41N3S. The van der Waals surface area contributed by atoms with E-state index in [0.29, 0.717) is 5.82 Å². The minimum absolute atomic E-state index is 0.154. The molecule has 1 aliphatic heterocycles. The number of aromatic nitrogens is 3. The summed E-state index contributed by atoms with van der Waals surface area (Å²) in [5.41, 5.74) is 21.7. The van der Waals surface area contributed by atoms with Gasteiger partial charge in [0.2, 0.25) is 0 Å². The van der Waals surface area contributed by atoms with Crippen LogP contribution in [-0.4, -0.2) is 15.0 Å². The normalized spacial score (nSPS) is 12.9. The van der Waals surface area contributed by atoms with Crippen LogP contribution in [0.4, 0.5) is 0 Å². The second-order valence-corrected chi connectivity index (χ2v) is 18.2. The fraction of sp³-hybridized carbons (Fsp3) is 0.0500. The molecule has 64 heavy (non-hydrogen) atoms. The molecule has 2 aliphatic rings. The first-order chi connectivity index (χ1) is 31.5. The Morgan fingerprint density at radius 1 is 0.344 bits per heavy atom. The Labute approximate surface area is 378 Å². The van der Waals surface area contributed by atoms with Crippen LogP contribution < -0.4 is 0 Å². The topological polar surface area (TPSA) is 38.7 Å². The van der Waals surface area contributed by atoms with E-state index in [1.807, 2.05) is 42.2 Å². The molecule has 4 heteroatoms. The maximum absolute atomic E-state index is 5.35. The molecule has 0 unspecified atom stereocenters. The van der Waals surface area contributed by atoms with Crippen molar-refractivity contribution in [3.63, 3.8) is 0 Å². The molecule has 3 nitrogen and oxygen atoms in total. The Bertz CT molecular complexity index is 3430. The average Bonchev–Trinajstić information content (AvgIpc) is 3.58. The molecule has 302 valence electrons. The van der Waals surface area contributed by atoms with E-state index in [1.165, 1.54) is 71.0 Å². The van der Waals surface area contributed by atoms with Crippen LogP contribution >= 0.6 is 11.8 Å². The van der Waals surface area contributed by atoms with Crippen molar-refractivity contribution in [1.82, 2.24) is 15.0 Å². The van der Waals surface area contributed by atoms with Gasteiger partial charge in [-0.15, -0.1) is 0 Å². The average molecular weight is 836 g/mol. The minimum atomic E-state index is -0.154. The Balaban J connectivity index is 1.13. The van der Waals surface area contributed by atoms with E-state index in [2.05, 4.69) is 195 Å². The van der Waals surface area contributed by atoms with E-state index in [1.54, 1.807) is 6.20 Å². The van der Waals surface area contributed by atoms with Gasteiger partial charge in [0.25, 0.3) is 0 Å². The Kier molecular flexibility index (Phi) is 9.10. The maximum atomic E-state index is 5.35. The summed E-state index contributed by atoms with van der Waals surface area (Å²) in [5, 5.41) is 0. The number of fused-ring (bicyclic) bond motifs is 12. The van der Waals surface area contributed by atoms with E-state index in [0.717, 1.165) is 44.8 Å². The smallest absolute Gasteiger partial charge is 0.160 e. The van der Waals surface area contributed by atoms with Gasteiger partial charge >= 0.3 is 0 Å². The van der Waals surface area contributed by atoms with Crippen molar-refractivity contribution < 1.29 is 0 Å². The van der Waals surface area contributed by atoms with Gasteiger partial charge in [0.15, 0.2) is 5.82 Å². The van der Waals surface area contributed by atoms with Crippen LogP contribution in [-0.2, 0) is 5.41 Å². The van der Waals surface area contributed by atoms with Crippen molar-refractivity contribution in [2.24, 2.45) is 0 Å². The quantitative estimate of drug-likeness (QED) is 0.177. The summed E-state index contributed by atoms with van der Waals surface area (Å²) in [5.74, 6) is 0.687. The number of rotatable bonds is 4. The molecule has 0 amide bonds. The summed E-state index contributed by atoms with van der Waals surface area (Å²) in [7, 11) is 0. The third kappa shape index (κ3) is 6.41. The standard InChI is InChI=1S/C60H41N3S/c1-60(2)53-24-12-10-22-48(53)51-34-52-50-33-41(56-36-55(62-59(63-56)40-15-4-3-5-16-40)39-28-26-38(27-29-39)42-17-14-32-61-37-42)30-31-47(50)45-20-7-6-18-43(45)44-19-8-9-21-46(44)49-23-11-13-25-57(49)64-58(52)35-54(51)60/h3-37H,1-2H3. The van der Waals surface area contributed by atoms with Gasteiger partial charge in [-0.1, -0.05) is 189 Å². The number of benzene rings is 8. The summed E-state index contributed by atoms with van der Waals surface area (Å²) in [6.07, 6.45) is 3.71. The highest BCUT2D eigenvalue weighted by atomic mass is 32.2. The molecule has 0 fully saturated rings. The molecule has 0 spiro atoms. The highest BCUT2D eigenvalue weighted by Gasteiger charge is 2.37. The van der Waals surface area contributed by atoms with Crippen LogP contribution in [0.15, 0.2) is 222 Å². The molecule has 10 aromatic rings. The van der Waals surface area contributed by atoms with Crippen molar-refractivity contribution in [3.05, 3.63) is 224 Å². The molecule has 0 saturated carbocycles. The van der Waals surface area contributed by atoms with Crippen LogP contribution in [0.3, 0.4) is 0 Å². The molecule has 8 aromatic carbocycles. The number of nitrogens with zero attached hydrogens (tertiary/aromatic N) is 3. The lowest BCUT2D eigenvalue weighted by Gasteiger charge is -2.24. The van der Waals surface area contributed by atoms with Crippen LogP contribution in [0.1, 0.15) is 25.0 Å². The molecule has 0 saturated heterocycles. The van der Waals surface area contributed by atoms with Gasteiger partial charge in [-0.3, -0.25) is 4.98 Å². The molecule has 0 bridgehead atoms. The highest BCUT2D eigenvalue weighted by Crippen LogP contribution is 2.55. The zero-order chi connectivity index (χ0) is 42.8. The Hall–Kier alpha value is -7.66. The predicted molar refractivity (Wildman–Crippen MR) is 265 cm³/mol. The van der Waals surface area contributed by atoms with Gasteiger partial charge in [-0.05, 0) is 114 Å². The van der Waals surface area contributed by atoms with Gasteiger partial charge in [0.05, 0.1) is 11.4 Å². The molecular weight excluding hydrogens is 795 g/mol. The molecule has 0 radical (unpaired) electrons. The van der Waals surface area contributed by atoms with Gasteiger partial charge in [-0.25, -0.2) is 9.97 Å². The van der Waals surface area contributed by atoms with Gasteiger partial charge in [0, 0.05) is 44.3 Å². The zero-order valence-corrected chi connectivity index (χ0v) is 36.3. The van der Waals surface area contributed by atoms with E-state index in [9.17, 15) is 0 Å². The van der Waals surface area contributed by atoms with E-state index >= 15 is 0 Å². The monoisotopic (exact) mass is 835 g/mol. The summed E-state index contributed by atoms with van der Waals surface area (Å²) in [6.45, 7) is 4.74. The van der Waals surface area contributed by atoms with E-state index in [-0.39, 0.29) is 5.41 Å². The second kappa shape index (κ2) is 15.3. The summed E-state index contributed by atoms with van der Waals surface area (Å²) in [6, 6.07) is 72.7. The molecule has 3 heterocycles. The minimum Gasteiger partial charge on any atom is -0.264 e. The summed E-state index contributed by atoms with van der Waals surface area (Å²) in [4.78, 5) is 17.3. The lowest BCUT2D eigenvalue weighted by molar-refractivity contribution is 0.659. The third-order valence-electron chi connectivity index (χ3n) is 13.1. The largest absolute Gasteiger partial charge is 0.264 e. The van der Waals surface area contributed by atoms with Crippen LogP contribution in [0, 0.1) is 0 Å². The van der Waals surface area contributed by atoms with Crippen LogP contribution in [0.5, 0.6) is 0 Å². The summed E-state index contributed by atoms with van der Waals surface area (Å²) >= 11 is 1.87. The van der Waals surface area contributed by atoms with Crippen LogP contribution in [0.2, 0.25) is 0 Å². The molecule has 1 aliphatic carbocycles. The zero-order valence-electron chi connectivity index (χ0n) is 35.5. The Morgan fingerprint density at radius 3 is 1.61 bits per heavy atom. The molecule has 2 aromatic heterocycles. The van der Waals surface area contributed by atoms with Crippen molar-refractivity contribution in [3.8, 4) is 101 Å². The number of hydrogen-bond donors (Lipinski definition) is 0. The van der Waals surface area contributed by atoms with Crippen LogP contribution in [0.25, 0.3) is 101 Å². The van der Waals surface area contributed by atoms with Gasteiger partial charge in [0.1, 0.15) is 0 Å². The fourth-order valence-corrected chi connectivity index (χ4v) is 10.9. The number of pyridine rings is 1. The SMILES string of the molecule is CC1(C)c2ccccc2-c2cc3c(cc21)Sc1ccccc1-c1ccccc1-c1ccccc1-c1ccc(-c2cc(-c4ccc(-c5cccnc5)cc4)nc(-c4ccccc4)n2)cc1-3. The lowest BCUT2D eigenvalue weighted by Crippen LogP contribution is -2.15. The van der Waals surface area contributed by atoms with Gasteiger partial charge < -0.3 is 0 Å². The van der Waals surface area contributed by atoms with Crippen molar-refractivity contribution in [2.45, 2.75) is 29.1 Å². The number of hydrogen-bond acceptors (Lipinski definition) is 4. The maximum Gasteiger partial charge on any atom is 0.160 e. The third-order valence-corrected chi connectivity index (χ3v) is 14.2. The van der Waals surface area contributed by atoms with Crippen molar-refractivity contribution in [2.75, 3.05) is 0 Å². The molecule has 12 rings (SSSR count). The van der Waals surface area contributed by atoms with E-state index < -0.39 is 0 Å². The van der Waals surface area contributed by atoms with E-state index in [4.69, 9.17) is 9.97 Å². The molecule has 0 N–H and O–H groups in total. The second-order valence-electron chi connectivity index (χ2n) is 17.2. The van der Waals surface area contributed by atoms with Gasteiger partial charge in [-0.2, -0.15) is 0 Å². The Morgan fingerprint density at radius 2 is 0.906 bits per heavy atom. The van der Waals surface area contributed by atoms with Crippen molar-refractivity contribution >= 4 is 11.8 Å². The first kappa shape index (κ1) is 38.0. The fourth-order valence-electron chi connectivity index (χ4n) is 9.81. The van der Waals surface area contributed by atoms with Crippen molar-refractivity contribution in [1.29, 1.82) is 0 Å². The predicted octanol–water partition coefficient (Wildman–Crippen LogP) is 16.0. The lowest BCUT2D eigenvalue weighted by atomic mass is 9.81. The summed E-state index contributed by atoms with van der Waals surface area (Å²) < 4.78 is 0. The first-order valence-corrected chi connectivity index (χ1v) is 22.6. The molecule has 0 atom stereocenters. The first-order valence-electron chi connectivity index (χ1n) is 21.8. The highest BCUT2D eigenvalue weighted by molar-refractivity contribution is 7.99.